The smallest absolute Gasteiger partial charge is 0.248 e. The van der Waals surface area contributed by atoms with Crippen LogP contribution < -0.4 is 5.73 Å². The third-order valence-electron chi connectivity index (χ3n) is 4.15. The van der Waals surface area contributed by atoms with Gasteiger partial charge in [0.2, 0.25) is 5.91 Å². The zero-order chi connectivity index (χ0) is 19.6. The molecule has 8 heteroatoms. The highest BCUT2D eigenvalue weighted by Crippen LogP contribution is 2.23. The molecule has 0 bridgehead atoms. The van der Waals surface area contributed by atoms with E-state index in [1.54, 1.807) is 28.9 Å². The minimum Gasteiger partial charge on any atom is -0.391 e. The zero-order valence-corrected chi connectivity index (χ0v) is 15.5. The van der Waals surface area contributed by atoms with Crippen molar-refractivity contribution < 1.29 is 9.90 Å². The highest BCUT2D eigenvalue weighted by molar-refractivity contribution is 5.93. The van der Waals surface area contributed by atoms with Crippen LogP contribution in [0.2, 0.25) is 0 Å². The number of primary amides is 1. The number of aryl methyl sites for hydroxylation is 2. The van der Waals surface area contributed by atoms with Gasteiger partial charge in [0.15, 0.2) is 11.6 Å². The first-order valence-corrected chi connectivity index (χ1v) is 8.73. The van der Waals surface area contributed by atoms with Crippen LogP contribution in [0.3, 0.4) is 0 Å². The number of carbonyl (C=O) groups is 1. The number of nitrogens with two attached hydrogens (primary N) is 1. The second-order valence-electron chi connectivity index (χ2n) is 6.39. The monoisotopic (exact) mass is 366 g/mol. The van der Waals surface area contributed by atoms with E-state index in [0.29, 0.717) is 41.7 Å². The molecule has 0 spiro atoms. The number of hydrogen-bond donors (Lipinski definition) is 2. The summed E-state index contributed by atoms with van der Waals surface area (Å²) >= 11 is 0. The standard InChI is InChI=1S/C19H22N6O2/c1-4-15(26)10-25-19(16-9-11(2)21-12(3)22-16)23-18(24-25)14-7-5-13(6-8-14)17(20)27/h5-9,15,26H,4,10H2,1-3H3,(H2,20,27). The van der Waals surface area contributed by atoms with Gasteiger partial charge in [0, 0.05) is 16.8 Å². The van der Waals surface area contributed by atoms with Crippen LogP contribution in [0.1, 0.15) is 35.2 Å². The van der Waals surface area contributed by atoms with Crippen molar-refractivity contribution in [3.05, 3.63) is 47.4 Å². The molecule has 0 aliphatic rings. The molecule has 3 aromatic rings. The number of hydrogen-bond acceptors (Lipinski definition) is 6. The maximum Gasteiger partial charge on any atom is 0.248 e. The summed E-state index contributed by atoms with van der Waals surface area (Å²) in [5, 5.41) is 14.6. The van der Waals surface area contributed by atoms with Crippen LogP contribution >= 0.6 is 0 Å². The molecule has 0 saturated heterocycles. The average molecular weight is 366 g/mol. The van der Waals surface area contributed by atoms with E-state index in [0.717, 1.165) is 11.3 Å². The molecule has 1 atom stereocenters. The summed E-state index contributed by atoms with van der Waals surface area (Å²) in [6.45, 7) is 5.93. The Kier molecular flexibility index (Phi) is 5.27. The van der Waals surface area contributed by atoms with E-state index < -0.39 is 12.0 Å². The van der Waals surface area contributed by atoms with E-state index in [9.17, 15) is 9.90 Å². The lowest BCUT2D eigenvalue weighted by molar-refractivity contribution is 0.1000. The van der Waals surface area contributed by atoms with Gasteiger partial charge in [-0.15, -0.1) is 0 Å². The van der Waals surface area contributed by atoms with Crippen LogP contribution in [0, 0.1) is 13.8 Å². The van der Waals surface area contributed by atoms with Crippen molar-refractivity contribution in [1.29, 1.82) is 0 Å². The lowest BCUT2D eigenvalue weighted by Crippen LogP contribution is -2.17. The van der Waals surface area contributed by atoms with Gasteiger partial charge in [-0.3, -0.25) is 4.79 Å². The molecule has 3 rings (SSSR count). The Bertz CT molecular complexity index is 945. The SMILES string of the molecule is CCC(O)Cn1nc(-c2ccc(C(N)=O)cc2)nc1-c1cc(C)nc(C)n1. The van der Waals surface area contributed by atoms with Gasteiger partial charge < -0.3 is 10.8 Å². The Labute approximate surface area is 157 Å². The number of aliphatic hydroxyl groups excluding tert-OH is 1. The third kappa shape index (κ3) is 4.17. The van der Waals surface area contributed by atoms with Gasteiger partial charge in [-0.25, -0.2) is 19.6 Å². The van der Waals surface area contributed by atoms with Crippen molar-refractivity contribution >= 4 is 5.91 Å². The van der Waals surface area contributed by atoms with Gasteiger partial charge >= 0.3 is 0 Å². The number of carbonyl (C=O) groups excluding carboxylic acids is 1. The summed E-state index contributed by atoms with van der Waals surface area (Å²) in [6, 6.07) is 8.61. The molecule has 2 heterocycles. The Morgan fingerprint density at radius 3 is 2.48 bits per heavy atom. The Hall–Kier alpha value is -3.13. The van der Waals surface area contributed by atoms with E-state index in [2.05, 4.69) is 20.1 Å². The van der Waals surface area contributed by atoms with Gasteiger partial charge in [0.05, 0.1) is 12.6 Å². The van der Waals surface area contributed by atoms with Crippen LogP contribution in [-0.4, -0.2) is 41.9 Å². The van der Waals surface area contributed by atoms with Gasteiger partial charge in [-0.2, -0.15) is 5.10 Å². The molecule has 27 heavy (non-hydrogen) atoms. The third-order valence-corrected chi connectivity index (χ3v) is 4.15. The first-order chi connectivity index (χ1) is 12.9. The topological polar surface area (TPSA) is 120 Å². The molecule has 1 unspecified atom stereocenters. The van der Waals surface area contributed by atoms with Crippen molar-refractivity contribution in [2.24, 2.45) is 5.73 Å². The maximum absolute atomic E-state index is 11.3. The maximum atomic E-state index is 11.3. The Morgan fingerprint density at radius 2 is 1.89 bits per heavy atom. The molecule has 1 aromatic carbocycles. The minimum atomic E-state index is -0.542. The molecular formula is C19H22N6O2. The number of nitrogens with zero attached hydrogens (tertiary/aromatic N) is 5. The summed E-state index contributed by atoms with van der Waals surface area (Å²) < 4.78 is 1.66. The molecule has 140 valence electrons. The largest absolute Gasteiger partial charge is 0.391 e. The number of rotatable bonds is 6. The predicted octanol–water partition coefficient (Wildman–Crippen LogP) is 1.89. The summed E-state index contributed by atoms with van der Waals surface area (Å²) in [5.41, 5.74) is 7.93. The molecule has 0 aliphatic heterocycles. The number of aliphatic hydroxyl groups is 1. The minimum absolute atomic E-state index is 0.306. The predicted molar refractivity (Wildman–Crippen MR) is 101 cm³/mol. The first-order valence-electron chi connectivity index (χ1n) is 8.73. The van der Waals surface area contributed by atoms with E-state index in [4.69, 9.17) is 5.73 Å². The van der Waals surface area contributed by atoms with Crippen LogP contribution in [0.25, 0.3) is 22.9 Å². The second-order valence-corrected chi connectivity index (χ2v) is 6.39. The first kappa shape index (κ1) is 18.7. The van der Waals surface area contributed by atoms with E-state index in [1.807, 2.05) is 26.8 Å². The fourth-order valence-electron chi connectivity index (χ4n) is 2.72. The number of aromatic nitrogens is 5. The molecule has 2 aromatic heterocycles. The van der Waals surface area contributed by atoms with E-state index >= 15 is 0 Å². The van der Waals surface area contributed by atoms with Crippen molar-refractivity contribution in [1.82, 2.24) is 24.7 Å². The second kappa shape index (κ2) is 7.63. The molecule has 0 aliphatic carbocycles. The van der Waals surface area contributed by atoms with Gasteiger partial charge in [-0.1, -0.05) is 19.1 Å². The number of benzene rings is 1. The lowest BCUT2D eigenvalue weighted by atomic mass is 10.1. The molecular weight excluding hydrogens is 344 g/mol. The Morgan fingerprint density at radius 1 is 1.19 bits per heavy atom. The average Bonchev–Trinajstić information content (AvgIpc) is 3.04. The van der Waals surface area contributed by atoms with Crippen molar-refractivity contribution in [3.8, 4) is 22.9 Å². The van der Waals surface area contributed by atoms with E-state index in [-0.39, 0.29) is 0 Å². The quantitative estimate of drug-likeness (QED) is 0.687. The lowest BCUT2D eigenvalue weighted by Gasteiger charge is -2.10. The van der Waals surface area contributed by atoms with Crippen LogP contribution in [0.15, 0.2) is 30.3 Å². The fraction of sp³-hybridized carbons (Fsp3) is 0.316. The summed E-state index contributed by atoms with van der Waals surface area (Å²) in [7, 11) is 0. The molecule has 0 radical (unpaired) electrons. The molecule has 3 N–H and O–H groups in total. The summed E-state index contributed by atoms with van der Waals surface area (Å²) in [5.74, 6) is 1.20. The number of amides is 1. The highest BCUT2D eigenvalue weighted by Gasteiger charge is 2.17. The fourth-order valence-corrected chi connectivity index (χ4v) is 2.72. The molecule has 0 saturated carbocycles. The van der Waals surface area contributed by atoms with E-state index in [1.165, 1.54) is 0 Å². The molecule has 1 amide bonds. The molecule has 0 fully saturated rings. The van der Waals surface area contributed by atoms with Crippen LogP contribution in [0.4, 0.5) is 0 Å². The Balaban J connectivity index is 2.07. The van der Waals surface area contributed by atoms with Gasteiger partial charge in [0.25, 0.3) is 0 Å². The van der Waals surface area contributed by atoms with Crippen LogP contribution in [0.5, 0.6) is 0 Å². The van der Waals surface area contributed by atoms with Crippen LogP contribution in [-0.2, 0) is 6.54 Å². The zero-order valence-electron chi connectivity index (χ0n) is 15.5. The van der Waals surface area contributed by atoms with Crippen molar-refractivity contribution in [2.75, 3.05) is 0 Å². The normalized spacial score (nSPS) is 12.1. The molecule has 8 nitrogen and oxygen atoms in total. The van der Waals surface area contributed by atoms with Crippen molar-refractivity contribution in [3.63, 3.8) is 0 Å². The van der Waals surface area contributed by atoms with Crippen molar-refractivity contribution in [2.45, 2.75) is 39.8 Å². The van der Waals surface area contributed by atoms with Gasteiger partial charge in [-0.05, 0) is 38.5 Å². The summed E-state index contributed by atoms with van der Waals surface area (Å²) in [4.78, 5) is 24.6. The summed E-state index contributed by atoms with van der Waals surface area (Å²) in [6.07, 6.45) is 0.0589. The van der Waals surface area contributed by atoms with Gasteiger partial charge in [0.1, 0.15) is 11.5 Å². The highest BCUT2D eigenvalue weighted by atomic mass is 16.3.